The number of ether oxygens (including phenoxy) is 1. The number of esters is 1. The molecular formula is C28H57NO5Si2. The molecule has 0 aliphatic heterocycles. The van der Waals surface area contributed by atoms with Gasteiger partial charge >= 0.3 is 5.97 Å². The van der Waals surface area contributed by atoms with E-state index in [1.165, 1.54) is 32.1 Å². The molecule has 6 nitrogen and oxygen atoms in total. The van der Waals surface area contributed by atoms with Gasteiger partial charge in [-0.1, -0.05) is 50.6 Å². The zero-order valence-corrected chi connectivity index (χ0v) is 27.0. The lowest BCUT2D eigenvalue weighted by atomic mass is 9.84. The maximum atomic E-state index is 11.4. The van der Waals surface area contributed by atoms with Crippen LogP contribution >= 0.6 is 0 Å². The predicted molar refractivity (Wildman–Crippen MR) is 156 cm³/mol. The Bertz CT molecular complexity index is 645. The van der Waals surface area contributed by atoms with Crippen LogP contribution in [0.1, 0.15) is 90.4 Å². The normalized spacial score (nSPS) is 22.7. The van der Waals surface area contributed by atoms with Gasteiger partial charge in [0.15, 0.2) is 16.6 Å². The van der Waals surface area contributed by atoms with E-state index in [1.807, 2.05) is 0 Å². The first kappa shape index (κ1) is 33.3. The second-order valence-electron chi connectivity index (χ2n) is 12.5. The van der Waals surface area contributed by atoms with Crippen molar-refractivity contribution >= 4 is 28.3 Å². The molecule has 0 aromatic rings. The van der Waals surface area contributed by atoms with Crippen LogP contribution in [0, 0.1) is 11.8 Å². The molecule has 1 aliphatic rings. The number of carbonyl (C=O) groups excluding carboxylic acids is 1. The zero-order valence-electron chi connectivity index (χ0n) is 25.0. The molecule has 0 unspecified atom stereocenters. The number of hydrogen-bond donors (Lipinski definition) is 0. The summed E-state index contributed by atoms with van der Waals surface area (Å²) >= 11 is 0. The van der Waals surface area contributed by atoms with Crippen molar-refractivity contribution in [3.63, 3.8) is 0 Å². The first-order chi connectivity index (χ1) is 16.9. The highest BCUT2D eigenvalue weighted by Gasteiger charge is 2.43. The van der Waals surface area contributed by atoms with Crippen LogP contribution in [0.4, 0.5) is 0 Å². The van der Waals surface area contributed by atoms with E-state index in [4.69, 9.17) is 18.4 Å². The number of carbonyl (C=O) groups is 1. The molecule has 0 amide bonds. The van der Waals surface area contributed by atoms with Crippen molar-refractivity contribution in [3.8, 4) is 0 Å². The zero-order chi connectivity index (χ0) is 27.2. The van der Waals surface area contributed by atoms with E-state index in [2.05, 4.69) is 51.4 Å². The molecule has 8 heteroatoms. The van der Waals surface area contributed by atoms with Crippen molar-refractivity contribution < 1.29 is 23.2 Å². The smallest absolute Gasteiger partial charge is 0.305 e. The number of rotatable bonds is 19. The van der Waals surface area contributed by atoms with E-state index in [9.17, 15) is 4.79 Å². The lowest BCUT2D eigenvalue weighted by Gasteiger charge is -2.32. The van der Waals surface area contributed by atoms with Crippen LogP contribution in [-0.2, 0) is 23.2 Å². The largest absolute Gasteiger partial charge is 0.469 e. The molecule has 0 heterocycles. The SMILES string of the molecule is CCCCC[C@@H](CC[C@H]1[C@H](O[Si](C)(C)C)C/C(=N\OC)[C@@H]1CCCCCCC(=O)OC)O[Si](C)(C)C. The molecule has 1 aliphatic carbocycles. The summed E-state index contributed by atoms with van der Waals surface area (Å²) in [7, 11) is -0.179. The van der Waals surface area contributed by atoms with E-state index in [1.54, 1.807) is 7.11 Å². The van der Waals surface area contributed by atoms with Gasteiger partial charge in [0.2, 0.25) is 0 Å². The lowest BCUT2D eigenvalue weighted by Crippen LogP contribution is -2.36. The van der Waals surface area contributed by atoms with Crippen molar-refractivity contribution in [3.05, 3.63) is 0 Å². The Hall–Kier alpha value is -0.706. The second-order valence-corrected chi connectivity index (χ2v) is 21.4. The molecule has 1 rings (SSSR count). The van der Waals surface area contributed by atoms with Crippen molar-refractivity contribution in [2.24, 2.45) is 17.0 Å². The molecular weight excluding hydrogens is 486 g/mol. The standard InChI is InChI=1S/C28H57NO5Si2/c1-10-11-14-17-23(33-35(4,5)6)20-21-25-24(18-15-12-13-16-19-28(30)31-2)26(29-32-3)22-27(25)34-36(7,8)9/h23-25,27H,10-22H2,1-9H3/b29-26+/t23-,24+,25+,27+/m0/s1. The molecule has 0 aromatic carbocycles. The summed E-state index contributed by atoms with van der Waals surface area (Å²) in [6.07, 6.45) is 14.4. The van der Waals surface area contributed by atoms with E-state index in [-0.39, 0.29) is 12.1 Å². The number of oxime groups is 1. The Morgan fingerprint density at radius 1 is 0.917 bits per heavy atom. The van der Waals surface area contributed by atoms with Gasteiger partial charge in [0.25, 0.3) is 0 Å². The van der Waals surface area contributed by atoms with E-state index < -0.39 is 16.6 Å². The first-order valence-electron chi connectivity index (χ1n) is 14.4. The molecule has 36 heavy (non-hydrogen) atoms. The van der Waals surface area contributed by atoms with E-state index >= 15 is 0 Å². The first-order valence-corrected chi connectivity index (χ1v) is 21.2. The van der Waals surface area contributed by atoms with Gasteiger partial charge in [-0.25, -0.2) is 0 Å². The number of methoxy groups -OCH3 is 1. The monoisotopic (exact) mass is 543 g/mol. The van der Waals surface area contributed by atoms with Crippen molar-refractivity contribution in [2.45, 2.75) is 142 Å². The highest BCUT2D eigenvalue weighted by Crippen LogP contribution is 2.41. The predicted octanol–water partition coefficient (Wildman–Crippen LogP) is 7.94. The van der Waals surface area contributed by atoms with Crippen molar-refractivity contribution in [1.29, 1.82) is 0 Å². The summed E-state index contributed by atoms with van der Waals surface area (Å²) in [5.41, 5.74) is 1.17. The van der Waals surface area contributed by atoms with Crippen LogP contribution < -0.4 is 0 Å². The molecule has 0 N–H and O–H groups in total. The van der Waals surface area contributed by atoms with Gasteiger partial charge in [-0.15, -0.1) is 0 Å². The summed E-state index contributed by atoms with van der Waals surface area (Å²) < 4.78 is 18.2. The van der Waals surface area contributed by atoms with Crippen LogP contribution in [0.25, 0.3) is 0 Å². The number of hydrogen-bond acceptors (Lipinski definition) is 6. The Morgan fingerprint density at radius 3 is 2.19 bits per heavy atom. The fraction of sp³-hybridized carbons (Fsp3) is 0.929. The minimum Gasteiger partial charge on any atom is -0.469 e. The van der Waals surface area contributed by atoms with Crippen LogP contribution in [0.15, 0.2) is 5.16 Å². The third-order valence-corrected chi connectivity index (χ3v) is 8.94. The topological polar surface area (TPSA) is 66.4 Å². The summed E-state index contributed by atoms with van der Waals surface area (Å²) in [5.74, 6) is 0.746. The van der Waals surface area contributed by atoms with Gasteiger partial charge in [-0.3, -0.25) is 4.79 Å². The molecule has 0 aromatic heterocycles. The van der Waals surface area contributed by atoms with Crippen molar-refractivity contribution in [1.82, 2.24) is 0 Å². The summed E-state index contributed by atoms with van der Waals surface area (Å²) in [5, 5.41) is 4.50. The third-order valence-electron chi connectivity index (χ3n) is 6.89. The molecule has 0 saturated heterocycles. The fourth-order valence-corrected chi connectivity index (χ4v) is 7.84. The van der Waals surface area contributed by atoms with Gasteiger partial charge < -0.3 is 18.4 Å². The fourth-order valence-electron chi connectivity index (χ4n) is 5.44. The summed E-state index contributed by atoms with van der Waals surface area (Å²) in [6, 6.07) is 0. The highest BCUT2D eigenvalue weighted by atomic mass is 28.4. The van der Waals surface area contributed by atoms with Crippen LogP contribution in [0.2, 0.25) is 39.3 Å². The maximum Gasteiger partial charge on any atom is 0.305 e. The molecule has 0 radical (unpaired) electrons. The summed E-state index contributed by atoms with van der Waals surface area (Å²) in [4.78, 5) is 16.7. The van der Waals surface area contributed by atoms with Crippen molar-refractivity contribution in [2.75, 3.05) is 14.2 Å². The Balaban J connectivity index is 2.91. The van der Waals surface area contributed by atoms with Crippen LogP contribution in [0.3, 0.4) is 0 Å². The third kappa shape index (κ3) is 14.3. The Morgan fingerprint density at radius 2 is 1.61 bits per heavy atom. The lowest BCUT2D eigenvalue weighted by molar-refractivity contribution is -0.140. The quantitative estimate of drug-likeness (QED) is 0.0716. The average Bonchev–Trinajstić information content (AvgIpc) is 3.07. The van der Waals surface area contributed by atoms with Gasteiger partial charge in [0.1, 0.15) is 7.11 Å². The molecule has 1 saturated carbocycles. The summed E-state index contributed by atoms with van der Waals surface area (Å²) in [6.45, 7) is 16.0. The highest BCUT2D eigenvalue weighted by molar-refractivity contribution is 6.70. The van der Waals surface area contributed by atoms with Gasteiger partial charge in [-0.05, 0) is 77.3 Å². The Labute approximate surface area is 224 Å². The van der Waals surface area contributed by atoms with Gasteiger partial charge in [0.05, 0.1) is 18.9 Å². The molecule has 212 valence electrons. The number of unbranched alkanes of at least 4 members (excludes halogenated alkanes) is 5. The minimum atomic E-state index is -1.69. The van der Waals surface area contributed by atoms with Crippen LogP contribution in [0.5, 0.6) is 0 Å². The maximum absolute atomic E-state index is 11.4. The van der Waals surface area contributed by atoms with Crippen LogP contribution in [-0.4, -0.2) is 54.7 Å². The average molecular weight is 544 g/mol. The van der Waals surface area contributed by atoms with E-state index in [0.29, 0.717) is 24.4 Å². The number of nitrogens with zero attached hydrogens (tertiary/aromatic N) is 1. The Kier molecular flexibility index (Phi) is 15.7. The minimum absolute atomic E-state index is 0.110. The van der Waals surface area contributed by atoms with Gasteiger partial charge in [-0.2, -0.15) is 0 Å². The molecule has 0 spiro atoms. The molecule has 0 bridgehead atoms. The molecule has 1 fully saturated rings. The van der Waals surface area contributed by atoms with Gasteiger partial charge in [0, 0.05) is 24.9 Å². The second kappa shape index (κ2) is 17.0. The van der Waals surface area contributed by atoms with E-state index in [0.717, 1.165) is 57.8 Å². The molecule has 4 atom stereocenters.